The predicted molar refractivity (Wildman–Crippen MR) is 101 cm³/mol. The minimum atomic E-state index is -0.240. The van der Waals surface area contributed by atoms with Crippen LogP contribution in [0.25, 0.3) is 11.6 Å². The van der Waals surface area contributed by atoms with E-state index in [1.54, 1.807) is 42.5 Å². The summed E-state index contributed by atoms with van der Waals surface area (Å²) < 4.78 is 10.8. The second-order valence-corrected chi connectivity index (χ2v) is 6.01. The van der Waals surface area contributed by atoms with Gasteiger partial charge in [0.2, 0.25) is 0 Å². The largest absolute Gasteiger partial charge is 0.493 e. The van der Waals surface area contributed by atoms with E-state index in [1.807, 2.05) is 0 Å². The van der Waals surface area contributed by atoms with E-state index in [0.29, 0.717) is 27.8 Å². The standard InChI is InChI=1S/C19H17ClN2O4/c1-21-18(23)10-26-16-6-3-11(8-17(16)25-2)7-14-13-5-4-12(20)9-15(13)22-19(14)24/h3-9H,10H2,1-2H3,(H,21,23)(H,22,24). The van der Waals surface area contributed by atoms with Crippen LogP contribution in [0.2, 0.25) is 5.02 Å². The van der Waals surface area contributed by atoms with Crippen LogP contribution >= 0.6 is 11.6 Å². The van der Waals surface area contributed by atoms with Crippen molar-refractivity contribution in [3.63, 3.8) is 0 Å². The summed E-state index contributed by atoms with van der Waals surface area (Å²) in [5.74, 6) is 0.483. The fraction of sp³-hybridized carbons (Fsp3) is 0.158. The van der Waals surface area contributed by atoms with Crippen LogP contribution in [0.3, 0.4) is 0 Å². The SMILES string of the molecule is CNC(=O)COc1ccc(C=C2C(=O)Nc3cc(Cl)ccc32)cc1OC. The van der Waals surface area contributed by atoms with E-state index >= 15 is 0 Å². The van der Waals surface area contributed by atoms with Crippen molar-refractivity contribution in [3.05, 3.63) is 52.5 Å². The molecule has 6 nitrogen and oxygen atoms in total. The predicted octanol–water partition coefficient (Wildman–Crippen LogP) is 2.97. The number of hydrogen-bond acceptors (Lipinski definition) is 4. The van der Waals surface area contributed by atoms with Gasteiger partial charge in [0, 0.05) is 23.2 Å². The highest BCUT2D eigenvalue weighted by Gasteiger charge is 2.24. The number of anilines is 1. The summed E-state index contributed by atoms with van der Waals surface area (Å²) in [6.07, 6.45) is 1.76. The Morgan fingerprint density at radius 3 is 2.77 bits per heavy atom. The van der Waals surface area contributed by atoms with Crippen LogP contribution in [-0.2, 0) is 9.59 Å². The average molecular weight is 373 g/mol. The van der Waals surface area contributed by atoms with Crippen molar-refractivity contribution in [3.8, 4) is 11.5 Å². The summed E-state index contributed by atoms with van der Waals surface area (Å²) in [5.41, 5.74) is 2.78. The fourth-order valence-electron chi connectivity index (χ4n) is 2.59. The van der Waals surface area contributed by atoms with Crippen LogP contribution in [0.1, 0.15) is 11.1 Å². The number of likely N-dealkylation sites (N-methyl/N-ethyl adjacent to an activating group) is 1. The zero-order valence-corrected chi connectivity index (χ0v) is 15.0. The number of carbonyl (C=O) groups excluding carboxylic acids is 2. The number of benzene rings is 2. The van der Waals surface area contributed by atoms with Gasteiger partial charge < -0.3 is 20.1 Å². The molecule has 134 valence electrons. The zero-order valence-electron chi connectivity index (χ0n) is 14.3. The van der Waals surface area contributed by atoms with Gasteiger partial charge in [0.1, 0.15) is 0 Å². The van der Waals surface area contributed by atoms with E-state index in [-0.39, 0.29) is 18.4 Å². The van der Waals surface area contributed by atoms with Crippen molar-refractivity contribution in [2.45, 2.75) is 0 Å². The normalized spacial score (nSPS) is 14.0. The first-order valence-corrected chi connectivity index (χ1v) is 8.24. The Bertz CT molecular complexity index is 908. The minimum absolute atomic E-state index is 0.107. The first kappa shape index (κ1) is 17.8. The molecule has 2 amide bonds. The highest BCUT2D eigenvalue weighted by Crippen LogP contribution is 2.36. The maximum absolute atomic E-state index is 12.3. The molecule has 0 fully saturated rings. The molecule has 0 saturated heterocycles. The summed E-state index contributed by atoms with van der Waals surface area (Å²) >= 11 is 5.97. The number of hydrogen-bond donors (Lipinski definition) is 2. The number of carbonyl (C=O) groups is 2. The Kier molecular flexibility index (Phi) is 5.14. The molecule has 0 radical (unpaired) electrons. The highest BCUT2D eigenvalue weighted by atomic mass is 35.5. The van der Waals surface area contributed by atoms with Crippen LogP contribution in [0.4, 0.5) is 5.69 Å². The molecule has 0 spiro atoms. The third kappa shape index (κ3) is 3.65. The van der Waals surface area contributed by atoms with E-state index in [2.05, 4.69) is 10.6 Å². The van der Waals surface area contributed by atoms with Gasteiger partial charge in [0.25, 0.3) is 11.8 Å². The van der Waals surface area contributed by atoms with Gasteiger partial charge in [-0.2, -0.15) is 0 Å². The first-order chi connectivity index (χ1) is 12.5. The molecule has 2 aromatic carbocycles. The van der Waals surface area contributed by atoms with E-state index in [4.69, 9.17) is 21.1 Å². The number of methoxy groups -OCH3 is 1. The molecule has 0 bridgehead atoms. The second kappa shape index (κ2) is 7.49. The summed E-state index contributed by atoms with van der Waals surface area (Å²) in [4.78, 5) is 23.6. The van der Waals surface area contributed by atoms with E-state index in [9.17, 15) is 9.59 Å². The molecule has 26 heavy (non-hydrogen) atoms. The monoisotopic (exact) mass is 372 g/mol. The third-order valence-corrected chi connectivity index (χ3v) is 4.14. The Morgan fingerprint density at radius 1 is 1.23 bits per heavy atom. The Labute approximate surface area is 155 Å². The Balaban J connectivity index is 1.90. The quantitative estimate of drug-likeness (QED) is 0.791. The lowest BCUT2D eigenvalue weighted by Crippen LogP contribution is -2.24. The van der Waals surface area contributed by atoms with Crippen LogP contribution in [0.15, 0.2) is 36.4 Å². The Morgan fingerprint density at radius 2 is 2.04 bits per heavy atom. The topological polar surface area (TPSA) is 76.7 Å². The molecular weight excluding hydrogens is 356 g/mol. The van der Waals surface area contributed by atoms with Crippen molar-refractivity contribution < 1.29 is 19.1 Å². The van der Waals surface area contributed by atoms with E-state index in [0.717, 1.165) is 11.1 Å². The van der Waals surface area contributed by atoms with Crippen molar-refractivity contribution in [1.29, 1.82) is 0 Å². The van der Waals surface area contributed by atoms with Crippen LogP contribution < -0.4 is 20.1 Å². The van der Waals surface area contributed by atoms with Crippen molar-refractivity contribution in [2.75, 3.05) is 26.1 Å². The van der Waals surface area contributed by atoms with Gasteiger partial charge >= 0.3 is 0 Å². The van der Waals surface area contributed by atoms with Crippen molar-refractivity contribution >= 4 is 40.8 Å². The van der Waals surface area contributed by atoms with Gasteiger partial charge in [-0.3, -0.25) is 9.59 Å². The molecule has 1 aliphatic heterocycles. The molecule has 2 N–H and O–H groups in total. The lowest BCUT2D eigenvalue weighted by Gasteiger charge is -2.11. The lowest BCUT2D eigenvalue weighted by atomic mass is 10.0. The number of rotatable bonds is 5. The molecule has 1 heterocycles. The molecule has 0 unspecified atom stereocenters. The van der Waals surface area contributed by atoms with Gasteiger partial charge in [0.15, 0.2) is 18.1 Å². The molecule has 0 aliphatic carbocycles. The van der Waals surface area contributed by atoms with Gasteiger partial charge in [-0.25, -0.2) is 0 Å². The third-order valence-electron chi connectivity index (χ3n) is 3.90. The molecule has 0 saturated carbocycles. The number of nitrogens with one attached hydrogen (secondary N) is 2. The van der Waals surface area contributed by atoms with E-state index < -0.39 is 0 Å². The minimum Gasteiger partial charge on any atom is -0.493 e. The van der Waals surface area contributed by atoms with Crippen LogP contribution in [0, 0.1) is 0 Å². The second-order valence-electron chi connectivity index (χ2n) is 5.57. The fourth-order valence-corrected chi connectivity index (χ4v) is 2.76. The molecule has 1 aliphatic rings. The summed E-state index contributed by atoms with van der Waals surface area (Å²) in [7, 11) is 3.05. The molecule has 0 aromatic heterocycles. The molecule has 3 rings (SSSR count). The summed E-state index contributed by atoms with van der Waals surface area (Å²) in [6, 6.07) is 10.5. The summed E-state index contributed by atoms with van der Waals surface area (Å²) in [6.45, 7) is -0.107. The molecule has 7 heteroatoms. The van der Waals surface area contributed by atoms with Crippen LogP contribution in [-0.4, -0.2) is 32.6 Å². The van der Waals surface area contributed by atoms with Crippen molar-refractivity contribution in [1.82, 2.24) is 5.32 Å². The molecule has 0 atom stereocenters. The number of halogens is 1. The highest BCUT2D eigenvalue weighted by molar-refractivity contribution is 6.36. The molecule has 2 aromatic rings. The Hall–Kier alpha value is -2.99. The van der Waals surface area contributed by atoms with Gasteiger partial charge in [0.05, 0.1) is 12.8 Å². The maximum Gasteiger partial charge on any atom is 0.257 e. The number of ether oxygens (including phenoxy) is 2. The van der Waals surface area contributed by atoms with Crippen molar-refractivity contribution in [2.24, 2.45) is 0 Å². The smallest absolute Gasteiger partial charge is 0.257 e. The van der Waals surface area contributed by atoms with E-state index in [1.165, 1.54) is 14.2 Å². The van der Waals surface area contributed by atoms with Gasteiger partial charge in [-0.15, -0.1) is 0 Å². The average Bonchev–Trinajstić information content (AvgIpc) is 2.94. The van der Waals surface area contributed by atoms with Gasteiger partial charge in [-0.05, 0) is 35.9 Å². The zero-order chi connectivity index (χ0) is 18.7. The first-order valence-electron chi connectivity index (χ1n) is 7.86. The lowest BCUT2D eigenvalue weighted by molar-refractivity contribution is -0.122. The number of fused-ring (bicyclic) bond motifs is 1. The molecular formula is C19H17ClN2O4. The van der Waals surface area contributed by atoms with Crippen LogP contribution in [0.5, 0.6) is 11.5 Å². The number of amides is 2. The maximum atomic E-state index is 12.3. The van der Waals surface area contributed by atoms with Gasteiger partial charge in [-0.1, -0.05) is 23.7 Å². The summed E-state index contributed by atoms with van der Waals surface area (Å²) in [5, 5.41) is 5.84.